The second-order valence-electron chi connectivity index (χ2n) is 7.29. The molecule has 0 saturated heterocycles. The van der Waals surface area contributed by atoms with Crippen molar-refractivity contribution in [1.82, 2.24) is 9.55 Å². The monoisotopic (exact) mass is 385 g/mol. The lowest BCUT2D eigenvalue weighted by Crippen LogP contribution is -1.99. The van der Waals surface area contributed by atoms with Crippen LogP contribution in [0.3, 0.4) is 0 Å². The number of methoxy groups -OCH3 is 1. The fraction of sp³-hybridized carbons (Fsp3) is 0.240. The van der Waals surface area contributed by atoms with E-state index in [4.69, 9.17) is 4.74 Å². The van der Waals surface area contributed by atoms with Crippen molar-refractivity contribution in [3.8, 4) is 11.4 Å². The molecule has 0 aliphatic carbocycles. The van der Waals surface area contributed by atoms with E-state index in [1.807, 2.05) is 30.6 Å². The number of hydrogen-bond acceptors (Lipinski definition) is 3. The molecule has 0 spiro atoms. The summed E-state index contributed by atoms with van der Waals surface area (Å²) in [7, 11) is 1.68. The van der Waals surface area contributed by atoms with Gasteiger partial charge in [-0.05, 0) is 66.4 Å². The van der Waals surface area contributed by atoms with Gasteiger partial charge in [-0.15, -0.1) is 0 Å². The molecule has 4 aromatic rings. The number of aryl methyl sites for hydroxylation is 1. The molecule has 0 aliphatic rings. The molecule has 4 rings (SSSR count). The highest BCUT2D eigenvalue weighted by Crippen LogP contribution is 2.23. The smallest absolute Gasteiger partial charge is 0.119 e. The minimum absolute atomic E-state index is 0.804. The van der Waals surface area contributed by atoms with Crippen molar-refractivity contribution < 1.29 is 4.74 Å². The van der Waals surface area contributed by atoms with Crippen molar-refractivity contribution in [3.63, 3.8) is 0 Å². The molecule has 1 heterocycles. The third-order valence-corrected chi connectivity index (χ3v) is 5.24. The topological polar surface area (TPSA) is 39.1 Å². The highest BCUT2D eigenvalue weighted by molar-refractivity contribution is 5.81. The van der Waals surface area contributed by atoms with Crippen molar-refractivity contribution in [1.29, 1.82) is 0 Å². The van der Waals surface area contributed by atoms with Gasteiger partial charge in [0.05, 0.1) is 18.1 Å². The summed E-state index contributed by atoms with van der Waals surface area (Å²) in [5.74, 6) is 0.850. The maximum absolute atomic E-state index is 5.24. The molecule has 0 amide bonds. The first-order valence-electron chi connectivity index (χ1n) is 10.2. The number of fused-ring (bicyclic) bond motifs is 1. The van der Waals surface area contributed by atoms with E-state index >= 15 is 0 Å². The molecule has 1 N–H and O–H groups in total. The van der Waals surface area contributed by atoms with Gasteiger partial charge in [0.1, 0.15) is 12.1 Å². The normalized spacial score (nSPS) is 11.0. The van der Waals surface area contributed by atoms with E-state index in [0.29, 0.717) is 0 Å². The van der Waals surface area contributed by atoms with Gasteiger partial charge >= 0.3 is 0 Å². The number of hydrogen-bond donors (Lipinski definition) is 1. The van der Waals surface area contributed by atoms with Gasteiger partial charge in [0.2, 0.25) is 0 Å². The molecule has 0 atom stereocenters. The predicted molar refractivity (Wildman–Crippen MR) is 120 cm³/mol. The fourth-order valence-corrected chi connectivity index (χ4v) is 3.48. The zero-order chi connectivity index (χ0) is 20.1. The molecule has 4 nitrogen and oxygen atoms in total. The fourth-order valence-electron chi connectivity index (χ4n) is 3.48. The molecule has 4 heteroatoms. The lowest BCUT2D eigenvalue weighted by molar-refractivity contribution is 0.415. The lowest BCUT2D eigenvalue weighted by atomic mass is 10.1. The number of rotatable bonds is 8. The molecule has 0 saturated carbocycles. The van der Waals surface area contributed by atoms with Gasteiger partial charge in [-0.2, -0.15) is 0 Å². The Hall–Kier alpha value is -3.27. The molecule has 0 fully saturated rings. The van der Waals surface area contributed by atoms with Crippen LogP contribution in [0.25, 0.3) is 16.7 Å². The molecular formula is C25H27N3O. The summed E-state index contributed by atoms with van der Waals surface area (Å²) >= 11 is 0. The van der Waals surface area contributed by atoms with E-state index in [1.165, 1.54) is 24.0 Å². The van der Waals surface area contributed by atoms with Crippen LogP contribution in [0, 0.1) is 0 Å². The Balaban J connectivity index is 1.45. The minimum atomic E-state index is 0.804. The van der Waals surface area contributed by atoms with Crippen molar-refractivity contribution >= 4 is 16.7 Å². The molecule has 0 radical (unpaired) electrons. The molecule has 0 bridgehead atoms. The maximum Gasteiger partial charge on any atom is 0.119 e. The molecule has 0 unspecified atom stereocenters. The van der Waals surface area contributed by atoms with Crippen molar-refractivity contribution in [2.24, 2.45) is 0 Å². The number of aromatic nitrogens is 2. The maximum atomic E-state index is 5.24. The number of imidazole rings is 1. The zero-order valence-electron chi connectivity index (χ0n) is 17.1. The second kappa shape index (κ2) is 8.82. The van der Waals surface area contributed by atoms with Crippen LogP contribution in [0.15, 0.2) is 73.1 Å². The standard InChI is InChI=1S/C25H27N3O/c1-3-4-5-19-6-8-20(9-7-19)17-26-21-10-15-25-24(16-21)27-18-28(25)22-11-13-23(29-2)14-12-22/h6-16,18,26H,3-5,17H2,1-2H3. The number of benzene rings is 3. The van der Waals surface area contributed by atoms with Gasteiger partial charge in [0.25, 0.3) is 0 Å². The van der Waals surface area contributed by atoms with Crippen molar-refractivity contribution in [2.45, 2.75) is 32.7 Å². The highest BCUT2D eigenvalue weighted by Gasteiger charge is 2.06. The Morgan fingerprint density at radius 3 is 2.41 bits per heavy atom. The molecule has 0 aliphatic heterocycles. The largest absolute Gasteiger partial charge is 0.497 e. The average Bonchev–Trinajstić information content (AvgIpc) is 3.20. The number of anilines is 1. The summed E-state index contributed by atoms with van der Waals surface area (Å²) in [5, 5.41) is 3.51. The molecular weight excluding hydrogens is 358 g/mol. The van der Waals surface area contributed by atoms with Crippen LogP contribution in [-0.2, 0) is 13.0 Å². The van der Waals surface area contributed by atoms with E-state index in [1.54, 1.807) is 7.11 Å². The zero-order valence-corrected chi connectivity index (χ0v) is 17.1. The third-order valence-electron chi connectivity index (χ3n) is 5.24. The molecule has 29 heavy (non-hydrogen) atoms. The first kappa shape index (κ1) is 19.1. The first-order valence-corrected chi connectivity index (χ1v) is 10.2. The Labute approximate surface area is 172 Å². The SMILES string of the molecule is CCCCc1ccc(CNc2ccc3c(c2)ncn3-c2ccc(OC)cc2)cc1. The highest BCUT2D eigenvalue weighted by atomic mass is 16.5. The van der Waals surface area contributed by atoms with Crippen molar-refractivity contribution in [3.05, 3.63) is 84.2 Å². The van der Waals surface area contributed by atoms with Crippen molar-refractivity contribution in [2.75, 3.05) is 12.4 Å². The van der Waals surface area contributed by atoms with Gasteiger partial charge in [-0.25, -0.2) is 4.98 Å². The summed E-state index contributed by atoms with van der Waals surface area (Å²) in [6.45, 7) is 3.04. The summed E-state index contributed by atoms with van der Waals surface area (Å²) in [6.07, 6.45) is 5.52. The molecule has 148 valence electrons. The van der Waals surface area contributed by atoms with E-state index < -0.39 is 0 Å². The van der Waals surface area contributed by atoms with E-state index in [2.05, 4.69) is 64.3 Å². The number of unbranched alkanes of at least 4 members (excludes halogenated alkanes) is 1. The van der Waals surface area contributed by atoms with Crippen LogP contribution >= 0.6 is 0 Å². The van der Waals surface area contributed by atoms with E-state index in [9.17, 15) is 0 Å². The number of ether oxygens (including phenoxy) is 1. The van der Waals surface area contributed by atoms with Gasteiger partial charge in [0.15, 0.2) is 0 Å². The second-order valence-corrected chi connectivity index (χ2v) is 7.29. The molecule has 1 aromatic heterocycles. The summed E-state index contributed by atoms with van der Waals surface area (Å²) in [6, 6.07) is 23.2. The van der Waals surface area contributed by atoms with Crippen LogP contribution in [0.4, 0.5) is 5.69 Å². The van der Waals surface area contributed by atoms with Crippen LogP contribution in [-0.4, -0.2) is 16.7 Å². The Bertz CT molecular complexity index is 1070. The third kappa shape index (κ3) is 4.43. The Kier molecular flexibility index (Phi) is 5.80. The molecule has 3 aromatic carbocycles. The summed E-state index contributed by atoms with van der Waals surface area (Å²) in [4.78, 5) is 4.59. The number of nitrogens with one attached hydrogen (secondary N) is 1. The first-order chi connectivity index (χ1) is 14.3. The van der Waals surface area contributed by atoms with Crippen LogP contribution < -0.4 is 10.1 Å². The predicted octanol–water partition coefficient (Wildman–Crippen LogP) is 5.99. The van der Waals surface area contributed by atoms with Gasteiger partial charge in [-0.1, -0.05) is 37.6 Å². The van der Waals surface area contributed by atoms with E-state index in [-0.39, 0.29) is 0 Å². The average molecular weight is 386 g/mol. The Morgan fingerprint density at radius 1 is 0.931 bits per heavy atom. The van der Waals surface area contributed by atoms with Gasteiger partial charge in [0, 0.05) is 17.9 Å². The number of nitrogens with zero attached hydrogens (tertiary/aromatic N) is 2. The lowest BCUT2D eigenvalue weighted by Gasteiger charge is -2.09. The van der Waals surface area contributed by atoms with E-state index in [0.717, 1.165) is 41.1 Å². The minimum Gasteiger partial charge on any atom is -0.497 e. The van der Waals surface area contributed by atoms with Crippen LogP contribution in [0.5, 0.6) is 5.75 Å². The summed E-state index contributed by atoms with van der Waals surface area (Å²) < 4.78 is 7.33. The Morgan fingerprint density at radius 2 is 1.69 bits per heavy atom. The summed E-state index contributed by atoms with van der Waals surface area (Å²) in [5.41, 5.74) is 6.90. The quantitative estimate of drug-likeness (QED) is 0.405. The van der Waals surface area contributed by atoms with Crippen LogP contribution in [0.1, 0.15) is 30.9 Å². The van der Waals surface area contributed by atoms with Gasteiger partial charge in [-0.3, -0.25) is 4.57 Å². The van der Waals surface area contributed by atoms with Gasteiger partial charge < -0.3 is 10.1 Å². The van der Waals surface area contributed by atoms with Crippen LogP contribution in [0.2, 0.25) is 0 Å².